The molecule has 0 heterocycles. The fourth-order valence-electron chi connectivity index (χ4n) is 4.32. The summed E-state index contributed by atoms with van der Waals surface area (Å²) in [7, 11) is 1.50. The van der Waals surface area contributed by atoms with E-state index in [1.807, 2.05) is 19.1 Å². The number of rotatable bonds is 13. The van der Waals surface area contributed by atoms with Crippen LogP contribution in [-0.2, 0) is 4.79 Å². The van der Waals surface area contributed by atoms with Gasteiger partial charge in [-0.25, -0.2) is 4.79 Å². The van der Waals surface area contributed by atoms with Gasteiger partial charge in [0.1, 0.15) is 5.75 Å². The number of hydrogen-bond donors (Lipinski definition) is 2. The molecule has 0 aromatic heterocycles. The average molecular weight is 531 g/mol. The molecule has 0 saturated heterocycles. The van der Waals surface area contributed by atoms with Crippen molar-refractivity contribution in [1.82, 2.24) is 5.32 Å². The maximum Gasteiger partial charge on any atom is 0.323 e. The van der Waals surface area contributed by atoms with E-state index >= 15 is 0 Å². The first-order valence-corrected chi connectivity index (χ1v) is 13.4. The zero-order chi connectivity index (χ0) is 28.2. The Morgan fingerprint density at radius 1 is 0.821 bits per heavy atom. The quantitative estimate of drug-likeness (QED) is 0.167. The number of nitrogens with zero attached hydrogens (tertiary/aromatic N) is 2. The first-order valence-electron chi connectivity index (χ1n) is 13.4. The summed E-state index contributed by atoms with van der Waals surface area (Å²) in [5.41, 5.74) is 2.15. The van der Waals surface area contributed by atoms with E-state index in [1.165, 1.54) is 12.0 Å². The molecule has 0 saturated carbocycles. The molecule has 8 heteroatoms. The highest BCUT2D eigenvalue weighted by atomic mass is 16.5. The second-order valence-corrected chi connectivity index (χ2v) is 8.97. The molecule has 3 amide bonds. The van der Waals surface area contributed by atoms with E-state index in [4.69, 9.17) is 4.74 Å². The summed E-state index contributed by atoms with van der Waals surface area (Å²) in [5.74, 6) is -0.701. The van der Waals surface area contributed by atoms with Crippen LogP contribution in [0.25, 0.3) is 0 Å². The fraction of sp³-hybridized carbons (Fsp3) is 0.323. The highest BCUT2D eigenvalue weighted by Gasteiger charge is 2.38. The molecule has 1 unspecified atom stereocenters. The van der Waals surface area contributed by atoms with E-state index in [0.717, 1.165) is 31.6 Å². The first-order chi connectivity index (χ1) is 18.9. The fourth-order valence-corrected chi connectivity index (χ4v) is 4.32. The Labute approximate surface area is 231 Å². The number of ketones is 1. The lowest BCUT2D eigenvalue weighted by molar-refractivity contribution is -0.116. The summed E-state index contributed by atoms with van der Waals surface area (Å²) in [6, 6.07) is 20.8. The SMILES string of the molecule is CCCCNC(=O)N(c1ccc(N(CC)CC)cc1)C(C(=O)Nc1ccccc1OC)C(=O)c1ccccc1. The van der Waals surface area contributed by atoms with Crippen LogP contribution in [0, 0.1) is 0 Å². The predicted octanol–water partition coefficient (Wildman–Crippen LogP) is 5.75. The number of ether oxygens (including phenoxy) is 1. The van der Waals surface area contributed by atoms with Gasteiger partial charge >= 0.3 is 6.03 Å². The molecule has 8 nitrogen and oxygen atoms in total. The van der Waals surface area contributed by atoms with Crippen molar-refractivity contribution in [2.75, 3.05) is 41.9 Å². The number of para-hydroxylation sites is 2. The lowest BCUT2D eigenvalue weighted by Crippen LogP contribution is -2.55. The number of urea groups is 1. The van der Waals surface area contributed by atoms with Crippen LogP contribution in [0.5, 0.6) is 5.75 Å². The lowest BCUT2D eigenvalue weighted by Gasteiger charge is -2.31. The second-order valence-electron chi connectivity index (χ2n) is 8.97. The molecule has 3 aromatic rings. The maximum absolute atomic E-state index is 13.9. The molecular weight excluding hydrogens is 492 g/mol. The van der Waals surface area contributed by atoms with E-state index in [0.29, 0.717) is 29.2 Å². The number of methoxy groups -OCH3 is 1. The van der Waals surface area contributed by atoms with E-state index in [2.05, 4.69) is 29.4 Å². The minimum Gasteiger partial charge on any atom is -0.495 e. The second kappa shape index (κ2) is 14.6. The van der Waals surface area contributed by atoms with Gasteiger partial charge in [0.2, 0.25) is 0 Å². The van der Waals surface area contributed by atoms with Gasteiger partial charge < -0.3 is 20.3 Å². The van der Waals surface area contributed by atoms with Crippen LogP contribution in [0.4, 0.5) is 21.9 Å². The Morgan fingerprint density at radius 3 is 2.05 bits per heavy atom. The Bertz CT molecular complexity index is 1230. The normalized spacial score (nSPS) is 11.3. The molecular formula is C31H38N4O4. The number of carbonyl (C=O) groups excluding carboxylic acids is 3. The topological polar surface area (TPSA) is 91.0 Å². The van der Waals surface area contributed by atoms with E-state index in [-0.39, 0.29) is 0 Å². The van der Waals surface area contributed by atoms with Gasteiger partial charge in [-0.3, -0.25) is 14.5 Å². The molecule has 39 heavy (non-hydrogen) atoms. The lowest BCUT2D eigenvalue weighted by atomic mass is 10.0. The number of benzene rings is 3. The van der Waals surface area contributed by atoms with Crippen molar-refractivity contribution in [3.05, 3.63) is 84.4 Å². The average Bonchev–Trinajstić information content (AvgIpc) is 2.97. The van der Waals surface area contributed by atoms with Crippen molar-refractivity contribution in [3.63, 3.8) is 0 Å². The van der Waals surface area contributed by atoms with E-state index < -0.39 is 23.8 Å². The van der Waals surface area contributed by atoms with Gasteiger partial charge in [-0.1, -0.05) is 55.8 Å². The molecule has 1 atom stereocenters. The van der Waals surface area contributed by atoms with Gasteiger partial charge in [-0.05, 0) is 56.7 Å². The number of amides is 3. The van der Waals surface area contributed by atoms with Crippen LogP contribution in [0.2, 0.25) is 0 Å². The molecule has 3 aromatic carbocycles. The summed E-state index contributed by atoms with van der Waals surface area (Å²) in [6.07, 6.45) is 1.66. The molecule has 0 radical (unpaired) electrons. The summed E-state index contributed by atoms with van der Waals surface area (Å²) >= 11 is 0. The largest absolute Gasteiger partial charge is 0.495 e. The van der Waals surface area contributed by atoms with Gasteiger partial charge in [0.05, 0.1) is 12.8 Å². The van der Waals surface area contributed by atoms with Gasteiger partial charge in [0.15, 0.2) is 11.8 Å². The molecule has 2 N–H and O–H groups in total. The van der Waals surface area contributed by atoms with Crippen LogP contribution < -0.4 is 25.2 Å². The third kappa shape index (κ3) is 7.37. The van der Waals surface area contributed by atoms with Crippen molar-refractivity contribution in [1.29, 1.82) is 0 Å². The highest BCUT2D eigenvalue weighted by Crippen LogP contribution is 2.27. The van der Waals surface area contributed by atoms with Crippen LogP contribution >= 0.6 is 0 Å². The third-order valence-electron chi connectivity index (χ3n) is 6.46. The third-order valence-corrected chi connectivity index (χ3v) is 6.46. The van der Waals surface area contributed by atoms with Crippen LogP contribution in [0.1, 0.15) is 44.0 Å². The number of Topliss-reactive ketones (excluding diaryl/α,β-unsaturated/α-hetero) is 1. The maximum atomic E-state index is 13.9. The summed E-state index contributed by atoms with van der Waals surface area (Å²) < 4.78 is 5.39. The first kappa shape index (κ1) is 29.2. The Kier molecular flexibility index (Phi) is 10.9. The van der Waals surface area contributed by atoms with E-state index in [1.54, 1.807) is 66.7 Å². The molecule has 0 fully saturated rings. The van der Waals surface area contributed by atoms with Gasteiger partial charge in [0.25, 0.3) is 5.91 Å². The van der Waals surface area contributed by atoms with Crippen molar-refractivity contribution in [2.24, 2.45) is 0 Å². The van der Waals surface area contributed by atoms with Crippen molar-refractivity contribution < 1.29 is 19.1 Å². The zero-order valence-electron chi connectivity index (χ0n) is 23.1. The number of carbonyl (C=O) groups is 3. The Balaban J connectivity index is 2.10. The molecule has 3 rings (SSSR count). The van der Waals surface area contributed by atoms with E-state index in [9.17, 15) is 14.4 Å². The van der Waals surface area contributed by atoms with Gasteiger partial charge in [-0.15, -0.1) is 0 Å². The standard InChI is InChI=1S/C31H38N4O4/c1-5-8-22-32-31(38)35(25-20-18-24(19-21-25)34(6-2)7-3)28(29(36)23-14-10-9-11-15-23)30(37)33-26-16-12-13-17-27(26)39-4/h9-21,28H,5-8,22H2,1-4H3,(H,32,38)(H,33,37). The monoisotopic (exact) mass is 530 g/mol. The van der Waals surface area contributed by atoms with Gasteiger partial charge in [0, 0.05) is 36.6 Å². The minimum absolute atomic E-state index is 0.323. The van der Waals surface area contributed by atoms with Crippen LogP contribution in [0.15, 0.2) is 78.9 Å². The molecule has 0 aliphatic carbocycles. The minimum atomic E-state index is -1.47. The molecule has 0 aliphatic heterocycles. The summed E-state index contributed by atoms with van der Waals surface area (Å²) in [5, 5.41) is 5.71. The van der Waals surface area contributed by atoms with Crippen molar-refractivity contribution >= 4 is 34.8 Å². The van der Waals surface area contributed by atoms with Crippen molar-refractivity contribution in [3.8, 4) is 5.75 Å². The van der Waals surface area contributed by atoms with Gasteiger partial charge in [-0.2, -0.15) is 0 Å². The highest BCUT2D eigenvalue weighted by molar-refractivity contribution is 6.22. The van der Waals surface area contributed by atoms with Crippen molar-refractivity contribution in [2.45, 2.75) is 39.7 Å². The molecule has 0 bridgehead atoms. The molecule has 0 spiro atoms. The summed E-state index contributed by atoms with van der Waals surface area (Å²) in [6.45, 7) is 8.24. The number of anilines is 3. The van der Waals surface area contributed by atoms with Crippen LogP contribution in [0.3, 0.4) is 0 Å². The van der Waals surface area contributed by atoms with Crippen LogP contribution in [-0.4, -0.2) is 50.5 Å². The number of nitrogens with one attached hydrogen (secondary N) is 2. The molecule has 206 valence electrons. The predicted molar refractivity (Wildman–Crippen MR) is 157 cm³/mol. The number of hydrogen-bond acceptors (Lipinski definition) is 5. The molecule has 0 aliphatic rings. The summed E-state index contributed by atoms with van der Waals surface area (Å²) in [4.78, 5) is 44.9. The smallest absolute Gasteiger partial charge is 0.323 e. The Morgan fingerprint density at radius 2 is 1.44 bits per heavy atom. The Hall–Kier alpha value is -4.33. The zero-order valence-corrected chi connectivity index (χ0v) is 23.1. The number of unbranched alkanes of at least 4 members (excludes halogenated alkanes) is 1.